The third-order valence-electron chi connectivity index (χ3n) is 4.17. The van der Waals surface area contributed by atoms with Gasteiger partial charge >= 0.3 is 0 Å². The molecule has 22 heavy (non-hydrogen) atoms. The Kier molecular flexibility index (Phi) is 4.97. The largest absolute Gasteiger partial charge is 0.332 e. The molecule has 0 spiro atoms. The molecule has 0 radical (unpaired) electrons. The zero-order valence-electron chi connectivity index (χ0n) is 12.6. The van der Waals surface area contributed by atoms with Crippen molar-refractivity contribution >= 4 is 35.0 Å². The van der Waals surface area contributed by atoms with Crippen LogP contribution in [0.15, 0.2) is 12.1 Å². The highest BCUT2D eigenvalue weighted by Gasteiger charge is 2.37. The van der Waals surface area contributed by atoms with Gasteiger partial charge in [0.2, 0.25) is 11.8 Å². The third kappa shape index (κ3) is 2.92. The van der Waals surface area contributed by atoms with Gasteiger partial charge in [0.25, 0.3) is 0 Å². The van der Waals surface area contributed by atoms with E-state index in [1.165, 1.54) is 21.9 Å². The molecule has 1 fully saturated rings. The molecular formula is C15H17Cl2FN2O2. The lowest BCUT2D eigenvalue weighted by Crippen LogP contribution is -2.57. The number of rotatable bonds is 3. The van der Waals surface area contributed by atoms with Crippen LogP contribution in [0.4, 0.5) is 4.39 Å². The fourth-order valence-corrected chi connectivity index (χ4v) is 3.24. The van der Waals surface area contributed by atoms with Gasteiger partial charge in [0, 0.05) is 18.0 Å². The summed E-state index contributed by atoms with van der Waals surface area (Å²) in [6.45, 7) is 3.36. The van der Waals surface area contributed by atoms with E-state index < -0.39 is 17.9 Å². The first-order valence-corrected chi connectivity index (χ1v) is 7.79. The second-order valence-electron chi connectivity index (χ2n) is 5.41. The summed E-state index contributed by atoms with van der Waals surface area (Å²) < 4.78 is 13.7. The van der Waals surface area contributed by atoms with Crippen molar-refractivity contribution in [2.24, 2.45) is 0 Å². The van der Waals surface area contributed by atoms with Crippen molar-refractivity contribution in [2.75, 3.05) is 13.6 Å². The zero-order chi connectivity index (χ0) is 16.6. The molecule has 4 nitrogen and oxygen atoms in total. The molecule has 0 aromatic heterocycles. The summed E-state index contributed by atoms with van der Waals surface area (Å²) >= 11 is 11.9. The fourth-order valence-electron chi connectivity index (χ4n) is 2.59. The summed E-state index contributed by atoms with van der Waals surface area (Å²) in [7, 11) is 1.59. The monoisotopic (exact) mass is 346 g/mol. The maximum Gasteiger partial charge on any atom is 0.246 e. The number of hydrogen-bond donors (Lipinski definition) is 0. The number of alkyl halides is 1. The maximum absolute atomic E-state index is 13.7. The van der Waals surface area contributed by atoms with Crippen molar-refractivity contribution in [3.8, 4) is 0 Å². The van der Waals surface area contributed by atoms with Gasteiger partial charge in [0.15, 0.2) is 0 Å². The summed E-state index contributed by atoms with van der Waals surface area (Å²) in [5.41, 5.74) is 1.10. The lowest BCUT2D eigenvalue weighted by Gasteiger charge is -2.40. The number of carbonyl (C=O) groups is 2. The second kappa shape index (κ2) is 6.42. The van der Waals surface area contributed by atoms with Crippen molar-refractivity contribution < 1.29 is 14.0 Å². The highest BCUT2D eigenvalue weighted by molar-refractivity contribution is 6.32. The zero-order valence-corrected chi connectivity index (χ0v) is 14.1. The molecule has 0 aliphatic carbocycles. The summed E-state index contributed by atoms with van der Waals surface area (Å²) in [5, 5.41) is 0.220. The van der Waals surface area contributed by atoms with Crippen LogP contribution in [0.3, 0.4) is 0 Å². The quantitative estimate of drug-likeness (QED) is 0.789. The third-order valence-corrected chi connectivity index (χ3v) is 4.77. The summed E-state index contributed by atoms with van der Waals surface area (Å²) in [4.78, 5) is 27.3. The van der Waals surface area contributed by atoms with Crippen molar-refractivity contribution in [1.29, 1.82) is 0 Å². The first-order valence-electron chi connectivity index (χ1n) is 6.87. The van der Waals surface area contributed by atoms with Crippen LogP contribution in [0.25, 0.3) is 0 Å². The fraction of sp³-hybridized carbons (Fsp3) is 0.467. The van der Waals surface area contributed by atoms with E-state index in [2.05, 4.69) is 0 Å². The van der Waals surface area contributed by atoms with Crippen LogP contribution >= 0.6 is 23.2 Å². The molecular weight excluding hydrogens is 330 g/mol. The number of piperazine rings is 1. The van der Waals surface area contributed by atoms with Gasteiger partial charge in [-0.2, -0.15) is 0 Å². The number of carbonyl (C=O) groups excluding carboxylic acids is 2. The van der Waals surface area contributed by atoms with E-state index in [0.29, 0.717) is 11.1 Å². The molecule has 1 aromatic carbocycles. The van der Waals surface area contributed by atoms with Gasteiger partial charge in [0.1, 0.15) is 18.4 Å². The van der Waals surface area contributed by atoms with Crippen molar-refractivity contribution in [1.82, 2.24) is 9.80 Å². The highest BCUT2D eigenvalue weighted by atomic mass is 35.5. The normalized spacial score (nSPS) is 20.5. The summed E-state index contributed by atoms with van der Waals surface area (Å²) in [5.74, 6) is -0.740. The molecule has 7 heteroatoms. The molecule has 1 aromatic rings. The highest BCUT2D eigenvalue weighted by Crippen LogP contribution is 2.32. The van der Waals surface area contributed by atoms with Crippen molar-refractivity contribution in [2.45, 2.75) is 31.8 Å². The second-order valence-corrected chi connectivity index (χ2v) is 6.09. The van der Waals surface area contributed by atoms with Crippen molar-refractivity contribution in [3.63, 3.8) is 0 Å². The Labute approximate surface area is 138 Å². The molecule has 2 atom stereocenters. The Morgan fingerprint density at radius 1 is 1.41 bits per heavy atom. The van der Waals surface area contributed by atoms with Crippen molar-refractivity contribution in [3.05, 3.63) is 34.1 Å². The minimum Gasteiger partial charge on any atom is -0.332 e. The molecule has 1 aliphatic rings. The predicted octanol–water partition coefficient (Wildman–Crippen LogP) is 2.97. The van der Waals surface area contributed by atoms with Crippen LogP contribution < -0.4 is 0 Å². The molecule has 1 unspecified atom stereocenters. The van der Waals surface area contributed by atoms with Gasteiger partial charge in [0.05, 0.1) is 6.04 Å². The van der Waals surface area contributed by atoms with Gasteiger partial charge in [-0.3, -0.25) is 9.59 Å². The molecule has 2 amide bonds. The van der Waals surface area contributed by atoms with Crippen LogP contribution in [0, 0.1) is 5.82 Å². The van der Waals surface area contributed by atoms with E-state index in [9.17, 15) is 14.0 Å². The number of nitrogens with zero attached hydrogens (tertiary/aromatic N) is 2. The van der Waals surface area contributed by atoms with E-state index in [1.54, 1.807) is 20.9 Å². The molecule has 1 aliphatic heterocycles. The van der Waals surface area contributed by atoms with Crippen LogP contribution in [-0.2, 0) is 15.5 Å². The van der Waals surface area contributed by atoms with E-state index in [0.717, 1.165) is 0 Å². The van der Waals surface area contributed by atoms with Gasteiger partial charge in [-0.25, -0.2) is 4.39 Å². The lowest BCUT2D eigenvalue weighted by atomic mass is 9.99. The first-order chi connectivity index (χ1) is 10.3. The predicted molar refractivity (Wildman–Crippen MR) is 83.3 cm³/mol. The van der Waals surface area contributed by atoms with E-state index in [-0.39, 0.29) is 29.3 Å². The number of benzene rings is 1. The SMILES string of the molecule is CC(c1cc(F)cc(Cl)c1CCl)N1CC(=O)N(C)[C@@H](C)C1=O. The van der Waals surface area contributed by atoms with Gasteiger partial charge in [-0.15, -0.1) is 11.6 Å². The van der Waals surface area contributed by atoms with E-state index in [4.69, 9.17) is 23.2 Å². The van der Waals surface area contributed by atoms with Gasteiger partial charge < -0.3 is 9.80 Å². The summed E-state index contributed by atoms with van der Waals surface area (Å²) in [6, 6.07) is 1.46. The molecule has 0 bridgehead atoms. The molecule has 1 heterocycles. The van der Waals surface area contributed by atoms with Crippen LogP contribution in [0.2, 0.25) is 5.02 Å². The summed E-state index contributed by atoms with van der Waals surface area (Å²) in [6.07, 6.45) is 0. The van der Waals surface area contributed by atoms with Crippen LogP contribution in [0.1, 0.15) is 31.0 Å². The number of likely N-dealkylation sites (N-methyl/N-ethyl adjacent to an activating group) is 1. The van der Waals surface area contributed by atoms with E-state index in [1.807, 2.05) is 0 Å². The molecule has 2 rings (SSSR count). The lowest BCUT2D eigenvalue weighted by molar-refractivity contribution is -0.155. The standard InChI is InChI=1S/C15H17Cl2FN2O2/c1-8(11-4-10(18)5-13(17)12(11)6-16)20-7-14(21)19(3)9(2)15(20)22/h4-5,8-9H,6-7H2,1-3H3/t8?,9-/m0/s1. The molecule has 120 valence electrons. The van der Waals surface area contributed by atoms with Crippen LogP contribution in [-0.4, -0.2) is 41.2 Å². The Morgan fingerprint density at radius 2 is 2.05 bits per heavy atom. The topological polar surface area (TPSA) is 40.6 Å². The van der Waals surface area contributed by atoms with E-state index >= 15 is 0 Å². The Hall–Kier alpha value is -1.33. The number of halogens is 3. The smallest absolute Gasteiger partial charge is 0.246 e. The minimum atomic E-state index is -0.549. The molecule has 0 N–H and O–H groups in total. The molecule has 1 saturated heterocycles. The van der Waals surface area contributed by atoms with Crippen LogP contribution in [0.5, 0.6) is 0 Å². The van der Waals surface area contributed by atoms with Gasteiger partial charge in [-0.05, 0) is 37.1 Å². The minimum absolute atomic E-state index is 0.0449. The number of hydrogen-bond acceptors (Lipinski definition) is 2. The Bertz CT molecular complexity index is 624. The average Bonchev–Trinajstić information content (AvgIpc) is 2.47. The first kappa shape index (κ1) is 17.0. The Balaban J connectivity index is 2.42. The Morgan fingerprint density at radius 3 is 2.64 bits per heavy atom. The molecule has 0 saturated carbocycles. The average molecular weight is 347 g/mol. The van der Waals surface area contributed by atoms with Gasteiger partial charge in [-0.1, -0.05) is 11.6 Å². The number of amides is 2. The maximum atomic E-state index is 13.7.